The Morgan fingerprint density at radius 3 is 2.75 bits per heavy atom. The zero-order chi connectivity index (χ0) is 16.9. The Kier molecular flexibility index (Phi) is 4.93. The van der Waals surface area contributed by atoms with Crippen molar-refractivity contribution in [3.63, 3.8) is 0 Å². The van der Waals surface area contributed by atoms with Crippen LogP contribution in [0.2, 0.25) is 0 Å². The van der Waals surface area contributed by atoms with Crippen molar-refractivity contribution in [2.45, 2.75) is 38.1 Å². The molecule has 0 spiro atoms. The van der Waals surface area contributed by atoms with Gasteiger partial charge in [0, 0.05) is 24.4 Å². The third kappa shape index (κ3) is 4.01. The van der Waals surface area contributed by atoms with Gasteiger partial charge in [0.25, 0.3) is 0 Å². The number of aliphatic carboxylic acids is 1. The lowest BCUT2D eigenvalue weighted by Crippen LogP contribution is -2.33. The number of benzene rings is 1. The smallest absolute Gasteiger partial charge is 0.306 e. The molecule has 1 amide bonds. The molecule has 0 saturated heterocycles. The van der Waals surface area contributed by atoms with E-state index in [0.29, 0.717) is 30.9 Å². The number of carbonyl (C=O) groups is 2. The van der Waals surface area contributed by atoms with Gasteiger partial charge in [-0.2, -0.15) is 0 Å². The number of hydrogen-bond donors (Lipinski definition) is 2. The van der Waals surface area contributed by atoms with Crippen molar-refractivity contribution in [2.24, 2.45) is 5.92 Å². The summed E-state index contributed by atoms with van der Waals surface area (Å²) in [5, 5.41) is 11.9. The fourth-order valence-corrected chi connectivity index (χ4v) is 3.02. The molecule has 0 aliphatic heterocycles. The highest BCUT2D eigenvalue weighted by Gasteiger charge is 2.30. The normalized spacial score (nSPS) is 20.0. The molecule has 0 bridgehead atoms. The maximum atomic E-state index is 12.0. The Bertz CT molecular complexity index is 711. The van der Waals surface area contributed by atoms with E-state index >= 15 is 0 Å². The van der Waals surface area contributed by atoms with Crippen LogP contribution in [-0.4, -0.2) is 28.0 Å². The molecule has 126 valence electrons. The van der Waals surface area contributed by atoms with Crippen LogP contribution in [0, 0.1) is 5.92 Å². The third-order valence-electron chi connectivity index (χ3n) is 4.32. The molecule has 24 heavy (non-hydrogen) atoms. The Morgan fingerprint density at radius 1 is 1.25 bits per heavy atom. The first-order valence-electron chi connectivity index (χ1n) is 8.14. The van der Waals surface area contributed by atoms with Crippen LogP contribution >= 0.6 is 0 Å². The van der Waals surface area contributed by atoms with Crippen molar-refractivity contribution in [1.29, 1.82) is 0 Å². The van der Waals surface area contributed by atoms with Gasteiger partial charge in [-0.05, 0) is 19.3 Å². The van der Waals surface area contributed by atoms with Crippen LogP contribution in [0.1, 0.15) is 31.6 Å². The van der Waals surface area contributed by atoms with Gasteiger partial charge in [0.2, 0.25) is 5.91 Å². The molecule has 0 unspecified atom stereocenters. The maximum Gasteiger partial charge on any atom is 0.306 e. The number of amides is 1. The van der Waals surface area contributed by atoms with Gasteiger partial charge in [-0.15, -0.1) is 0 Å². The summed E-state index contributed by atoms with van der Waals surface area (Å²) in [7, 11) is 0. The molecule has 1 fully saturated rings. The molecule has 2 aromatic rings. The third-order valence-corrected chi connectivity index (χ3v) is 4.32. The predicted molar refractivity (Wildman–Crippen MR) is 87.2 cm³/mol. The quantitative estimate of drug-likeness (QED) is 0.850. The summed E-state index contributed by atoms with van der Waals surface area (Å²) in [6.45, 7) is 0. The van der Waals surface area contributed by atoms with Gasteiger partial charge in [-0.1, -0.05) is 30.3 Å². The minimum absolute atomic E-state index is 0.0389. The van der Waals surface area contributed by atoms with Gasteiger partial charge in [-0.25, -0.2) is 4.98 Å². The summed E-state index contributed by atoms with van der Waals surface area (Å²) in [5.74, 6) is 0.00545. The Balaban J connectivity index is 1.47. The molecular weight excluding hydrogens is 308 g/mol. The van der Waals surface area contributed by atoms with Crippen LogP contribution in [0.4, 0.5) is 0 Å². The van der Waals surface area contributed by atoms with Gasteiger partial charge >= 0.3 is 5.97 Å². The van der Waals surface area contributed by atoms with Crippen LogP contribution in [-0.2, 0) is 16.0 Å². The summed E-state index contributed by atoms with van der Waals surface area (Å²) in [5.41, 5.74) is 0.950. The van der Waals surface area contributed by atoms with Crippen molar-refractivity contribution in [2.75, 3.05) is 0 Å². The van der Waals surface area contributed by atoms with Crippen molar-refractivity contribution >= 4 is 11.9 Å². The molecular formula is C18H20N2O4. The van der Waals surface area contributed by atoms with Crippen LogP contribution in [0.5, 0.6) is 0 Å². The molecule has 1 heterocycles. The van der Waals surface area contributed by atoms with Crippen molar-refractivity contribution in [3.8, 4) is 11.3 Å². The fourth-order valence-electron chi connectivity index (χ4n) is 3.02. The van der Waals surface area contributed by atoms with E-state index in [9.17, 15) is 9.59 Å². The molecule has 1 saturated carbocycles. The van der Waals surface area contributed by atoms with E-state index in [2.05, 4.69) is 10.3 Å². The number of aromatic nitrogens is 1. The summed E-state index contributed by atoms with van der Waals surface area (Å²) < 4.78 is 5.67. The molecule has 6 heteroatoms. The van der Waals surface area contributed by atoms with Crippen LogP contribution in [0.15, 0.2) is 40.9 Å². The Morgan fingerprint density at radius 2 is 2.04 bits per heavy atom. The fraction of sp³-hybridized carbons (Fsp3) is 0.389. The largest absolute Gasteiger partial charge is 0.481 e. The molecule has 0 radical (unpaired) electrons. The van der Waals surface area contributed by atoms with Crippen LogP contribution in [0.25, 0.3) is 11.3 Å². The number of rotatable bonds is 6. The molecule has 1 aromatic heterocycles. The van der Waals surface area contributed by atoms with Crippen molar-refractivity contribution in [1.82, 2.24) is 10.3 Å². The second-order valence-electron chi connectivity index (χ2n) is 6.10. The van der Waals surface area contributed by atoms with Crippen molar-refractivity contribution < 1.29 is 19.1 Å². The SMILES string of the molecule is O=C(CCc1ncc(-c2ccccc2)o1)N[C@H]1CC[C@@H](C(=O)O)C1. The number of oxazole rings is 1. The maximum absolute atomic E-state index is 12.0. The van der Waals surface area contributed by atoms with Gasteiger partial charge in [0.05, 0.1) is 12.1 Å². The molecule has 1 aliphatic rings. The van der Waals surface area contributed by atoms with Crippen LogP contribution in [0.3, 0.4) is 0 Å². The molecule has 6 nitrogen and oxygen atoms in total. The van der Waals surface area contributed by atoms with Gasteiger partial charge < -0.3 is 14.8 Å². The number of carbonyl (C=O) groups excluding carboxylic acids is 1. The summed E-state index contributed by atoms with van der Waals surface area (Å²) >= 11 is 0. The first-order chi connectivity index (χ1) is 11.6. The summed E-state index contributed by atoms with van der Waals surface area (Å²) in [6, 6.07) is 9.63. The second-order valence-corrected chi connectivity index (χ2v) is 6.10. The van der Waals surface area contributed by atoms with Gasteiger partial charge in [-0.3, -0.25) is 9.59 Å². The molecule has 3 rings (SSSR count). The highest BCUT2D eigenvalue weighted by Crippen LogP contribution is 2.26. The van der Waals surface area contributed by atoms with E-state index < -0.39 is 5.97 Å². The predicted octanol–water partition coefficient (Wildman–Crippen LogP) is 2.64. The van der Waals surface area contributed by atoms with E-state index in [0.717, 1.165) is 12.0 Å². The lowest BCUT2D eigenvalue weighted by molar-refractivity contribution is -0.141. The lowest BCUT2D eigenvalue weighted by atomic mass is 10.1. The average molecular weight is 328 g/mol. The molecule has 2 N–H and O–H groups in total. The zero-order valence-corrected chi connectivity index (χ0v) is 13.3. The molecule has 2 atom stereocenters. The topological polar surface area (TPSA) is 92.4 Å². The lowest BCUT2D eigenvalue weighted by Gasteiger charge is -2.11. The number of carboxylic acid groups (broad SMARTS) is 1. The van der Waals surface area contributed by atoms with E-state index in [1.807, 2.05) is 30.3 Å². The number of carboxylic acids is 1. The highest BCUT2D eigenvalue weighted by molar-refractivity contribution is 5.77. The van der Waals surface area contributed by atoms with E-state index in [1.54, 1.807) is 6.20 Å². The highest BCUT2D eigenvalue weighted by atomic mass is 16.4. The van der Waals surface area contributed by atoms with E-state index in [1.165, 1.54) is 0 Å². The van der Waals surface area contributed by atoms with Crippen LogP contribution < -0.4 is 5.32 Å². The molecule has 1 aromatic carbocycles. The minimum Gasteiger partial charge on any atom is -0.481 e. The number of nitrogens with one attached hydrogen (secondary N) is 1. The first kappa shape index (κ1) is 16.2. The second kappa shape index (κ2) is 7.29. The van der Waals surface area contributed by atoms with E-state index in [-0.39, 0.29) is 24.3 Å². The average Bonchev–Trinajstić information content (AvgIpc) is 3.23. The summed E-state index contributed by atoms with van der Waals surface area (Å²) in [4.78, 5) is 27.1. The minimum atomic E-state index is -0.778. The summed E-state index contributed by atoms with van der Waals surface area (Å²) in [6.07, 6.45) is 4.23. The van der Waals surface area contributed by atoms with E-state index in [4.69, 9.17) is 9.52 Å². The Labute approximate surface area is 139 Å². The number of nitrogens with zero attached hydrogens (tertiary/aromatic N) is 1. The zero-order valence-electron chi connectivity index (χ0n) is 13.3. The number of aryl methyl sites for hydroxylation is 1. The monoisotopic (exact) mass is 328 g/mol. The van der Waals surface area contributed by atoms with Gasteiger partial charge in [0.15, 0.2) is 11.7 Å². The van der Waals surface area contributed by atoms with Gasteiger partial charge in [0.1, 0.15) is 0 Å². The first-order valence-corrected chi connectivity index (χ1v) is 8.14. The molecule has 1 aliphatic carbocycles. The number of hydrogen-bond acceptors (Lipinski definition) is 4. The Hall–Kier alpha value is -2.63. The van der Waals surface area contributed by atoms with Crippen molar-refractivity contribution in [3.05, 3.63) is 42.4 Å². The standard InChI is InChI=1S/C18H20N2O4/c21-16(20-14-7-6-13(10-14)18(22)23)8-9-17-19-11-15(24-17)12-4-2-1-3-5-12/h1-5,11,13-14H,6-10H2,(H,20,21)(H,22,23)/t13-,14+/m1/s1.